The molecule has 14 heavy (non-hydrogen) atoms. The summed E-state index contributed by atoms with van der Waals surface area (Å²) >= 11 is 0. The summed E-state index contributed by atoms with van der Waals surface area (Å²) in [5.74, 6) is -3.68. The van der Waals surface area contributed by atoms with Gasteiger partial charge >= 0.3 is 0 Å². The van der Waals surface area contributed by atoms with Crippen LogP contribution in [0.2, 0.25) is 0 Å². The molecule has 0 saturated carbocycles. The van der Waals surface area contributed by atoms with E-state index in [1.165, 1.54) is 6.92 Å². The largest absolute Gasteiger partial charge is 0.390 e. The first-order valence-corrected chi connectivity index (χ1v) is 3.94. The van der Waals surface area contributed by atoms with Crippen molar-refractivity contribution in [1.29, 1.82) is 0 Å². The van der Waals surface area contributed by atoms with E-state index in [-0.39, 0.29) is 0 Å². The molecular formula is C9H9F3O2. The summed E-state index contributed by atoms with van der Waals surface area (Å²) in [4.78, 5) is 0. The number of hydrogen-bond acceptors (Lipinski definition) is 2. The highest BCUT2D eigenvalue weighted by molar-refractivity contribution is 5.22. The van der Waals surface area contributed by atoms with Gasteiger partial charge in [-0.2, -0.15) is 0 Å². The fraction of sp³-hybridized carbons (Fsp3) is 0.333. The number of aliphatic hydroxyl groups is 2. The van der Waals surface area contributed by atoms with E-state index < -0.39 is 35.2 Å². The van der Waals surface area contributed by atoms with E-state index in [1.807, 2.05) is 0 Å². The summed E-state index contributed by atoms with van der Waals surface area (Å²) in [5.41, 5.74) is -0.459. The first-order chi connectivity index (χ1) is 6.43. The normalized spacial score (nSPS) is 15.3. The maximum absolute atomic E-state index is 13.0. The average molecular weight is 206 g/mol. The Morgan fingerprint density at radius 1 is 1.00 bits per heavy atom. The van der Waals surface area contributed by atoms with Crippen LogP contribution in [-0.2, 0) is 0 Å². The van der Waals surface area contributed by atoms with E-state index in [0.717, 1.165) is 0 Å². The molecular weight excluding hydrogens is 197 g/mol. The van der Waals surface area contributed by atoms with Gasteiger partial charge < -0.3 is 10.2 Å². The summed E-state index contributed by atoms with van der Waals surface area (Å²) in [7, 11) is 0. The summed E-state index contributed by atoms with van der Waals surface area (Å²) in [6, 6.07) is 0.859. The van der Waals surface area contributed by atoms with Crippen LogP contribution in [0.5, 0.6) is 0 Å². The predicted octanol–water partition coefficient (Wildman–Crippen LogP) is 1.52. The molecule has 0 fully saturated rings. The molecule has 0 aromatic heterocycles. The SMILES string of the molecule is C[C@H](O)[C@@H](O)c1cc(F)c(F)cc1F. The van der Waals surface area contributed by atoms with Crippen molar-refractivity contribution in [2.24, 2.45) is 0 Å². The molecule has 5 heteroatoms. The van der Waals surface area contributed by atoms with E-state index in [4.69, 9.17) is 5.11 Å². The smallest absolute Gasteiger partial charge is 0.161 e. The van der Waals surface area contributed by atoms with Crippen molar-refractivity contribution in [1.82, 2.24) is 0 Å². The third kappa shape index (κ3) is 2.05. The monoisotopic (exact) mass is 206 g/mol. The first-order valence-electron chi connectivity index (χ1n) is 3.94. The van der Waals surface area contributed by atoms with Gasteiger partial charge in [0.2, 0.25) is 0 Å². The zero-order chi connectivity index (χ0) is 10.9. The van der Waals surface area contributed by atoms with Crippen LogP contribution < -0.4 is 0 Å². The second-order valence-electron chi connectivity index (χ2n) is 2.97. The Kier molecular flexibility index (Phi) is 3.13. The Bertz CT molecular complexity index is 339. The molecule has 2 N–H and O–H groups in total. The summed E-state index contributed by atoms with van der Waals surface area (Å²) < 4.78 is 38.1. The number of benzene rings is 1. The highest BCUT2D eigenvalue weighted by Crippen LogP contribution is 2.22. The van der Waals surface area contributed by atoms with Crippen LogP contribution in [0.4, 0.5) is 13.2 Å². The molecule has 0 spiro atoms. The molecule has 0 heterocycles. The Hall–Kier alpha value is -1.07. The maximum atomic E-state index is 13.0. The van der Waals surface area contributed by atoms with Crippen molar-refractivity contribution in [3.63, 3.8) is 0 Å². The third-order valence-electron chi connectivity index (χ3n) is 1.82. The lowest BCUT2D eigenvalue weighted by Crippen LogP contribution is -2.15. The molecule has 0 saturated heterocycles. The standard InChI is InChI=1S/C9H9F3O2/c1-4(13)9(14)5-2-7(11)8(12)3-6(5)10/h2-4,9,13-14H,1H3/t4-,9+/m0/s1. The van der Waals surface area contributed by atoms with Gasteiger partial charge in [-0.05, 0) is 13.0 Å². The lowest BCUT2D eigenvalue weighted by atomic mass is 10.0. The highest BCUT2D eigenvalue weighted by atomic mass is 19.2. The maximum Gasteiger partial charge on any atom is 0.161 e. The van der Waals surface area contributed by atoms with Crippen LogP contribution in [0, 0.1) is 17.5 Å². The van der Waals surface area contributed by atoms with Gasteiger partial charge in [-0.15, -0.1) is 0 Å². The van der Waals surface area contributed by atoms with Gasteiger partial charge in [0.25, 0.3) is 0 Å². The molecule has 0 radical (unpaired) electrons. The fourth-order valence-electron chi connectivity index (χ4n) is 1.02. The van der Waals surface area contributed by atoms with Crippen LogP contribution in [0.1, 0.15) is 18.6 Å². The molecule has 0 amide bonds. The van der Waals surface area contributed by atoms with Crippen LogP contribution in [-0.4, -0.2) is 16.3 Å². The number of rotatable bonds is 2. The minimum absolute atomic E-state index is 0.330. The summed E-state index contributed by atoms with van der Waals surface area (Å²) in [6.45, 7) is 1.21. The molecule has 2 atom stereocenters. The van der Waals surface area contributed by atoms with Crippen LogP contribution >= 0.6 is 0 Å². The predicted molar refractivity (Wildman–Crippen MR) is 43.0 cm³/mol. The van der Waals surface area contributed by atoms with Gasteiger partial charge in [0.1, 0.15) is 11.9 Å². The van der Waals surface area contributed by atoms with Crippen LogP contribution in [0.15, 0.2) is 12.1 Å². The molecule has 2 nitrogen and oxygen atoms in total. The van der Waals surface area contributed by atoms with Crippen molar-refractivity contribution in [2.75, 3.05) is 0 Å². The molecule has 0 aliphatic carbocycles. The zero-order valence-electron chi connectivity index (χ0n) is 7.34. The van der Waals surface area contributed by atoms with Crippen LogP contribution in [0.25, 0.3) is 0 Å². The van der Waals surface area contributed by atoms with E-state index in [0.29, 0.717) is 12.1 Å². The minimum atomic E-state index is -1.56. The molecule has 1 aromatic carbocycles. The Morgan fingerprint density at radius 2 is 1.50 bits per heavy atom. The van der Waals surface area contributed by atoms with Crippen molar-refractivity contribution >= 4 is 0 Å². The van der Waals surface area contributed by atoms with Crippen molar-refractivity contribution in [2.45, 2.75) is 19.1 Å². The van der Waals surface area contributed by atoms with Gasteiger partial charge in [-0.1, -0.05) is 0 Å². The van der Waals surface area contributed by atoms with E-state index >= 15 is 0 Å². The van der Waals surface area contributed by atoms with Crippen LogP contribution in [0.3, 0.4) is 0 Å². The fourth-order valence-corrected chi connectivity index (χ4v) is 1.02. The molecule has 1 aromatic rings. The summed E-state index contributed by atoms with van der Waals surface area (Å²) in [6.07, 6.45) is -2.82. The second kappa shape index (κ2) is 3.98. The molecule has 78 valence electrons. The average Bonchev–Trinajstić information content (AvgIpc) is 2.10. The first kappa shape index (κ1) is 11.0. The molecule has 0 aliphatic rings. The number of aliphatic hydroxyl groups excluding tert-OH is 2. The minimum Gasteiger partial charge on any atom is -0.390 e. The molecule has 0 bridgehead atoms. The van der Waals surface area contributed by atoms with Gasteiger partial charge in [0.05, 0.1) is 6.10 Å². The van der Waals surface area contributed by atoms with Gasteiger partial charge in [0.15, 0.2) is 11.6 Å². The van der Waals surface area contributed by atoms with E-state index in [1.54, 1.807) is 0 Å². The Labute approximate surface area is 78.6 Å². The van der Waals surface area contributed by atoms with Gasteiger partial charge in [0, 0.05) is 11.6 Å². The second-order valence-corrected chi connectivity index (χ2v) is 2.97. The van der Waals surface area contributed by atoms with Crippen molar-refractivity contribution in [3.8, 4) is 0 Å². The quantitative estimate of drug-likeness (QED) is 0.720. The summed E-state index contributed by atoms with van der Waals surface area (Å²) in [5, 5.41) is 18.1. The number of halogens is 3. The lowest BCUT2D eigenvalue weighted by Gasteiger charge is -2.14. The molecule has 1 rings (SSSR count). The molecule has 0 aliphatic heterocycles. The number of hydrogen-bond donors (Lipinski definition) is 2. The van der Waals surface area contributed by atoms with Crippen molar-refractivity contribution < 1.29 is 23.4 Å². The van der Waals surface area contributed by atoms with Gasteiger partial charge in [-0.25, -0.2) is 13.2 Å². The Morgan fingerprint density at radius 3 is 2.00 bits per heavy atom. The van der Waals surface area contributed by atoms with E-state index in [2.05, 4.69) is 0 Å². The zero-order valence-corrected chi connectivity index (χ0v) is 7.34. The lowest BCUT2D eigenvalue weighted by molar-refractivity contribution is 0.0280. The van der Waals surface area contributed by atoms with Gasteiger partial charge in [-0.3, -0.25) is 0 Å². The Balaban J connectivity index is 3.15. The van der Waals surface area contributed by atoms with E-state index in [9.17, 15) is 18.3 Å². The third-order valence-corrected chi connectivity index (χ3v) is 1.82. The molecule has 0 unspecified atom stereocenters. The highest BCUT2D eigenvalue weighted by Gasteiger charge is 2.20. The van der Waals surface area contributed by atoms with Crippen molar-refractivity contribution in [3.05, 3.63) is 35.1 Å². The topological polar surface area (TPSA) is 40.5 Å².